The normalized spacial score (nSPS) is 12.2. The van der Waals surface area contributed by atoms with Crippen LogP contribution in [-0.4, -0.2) is 47.3 Å². The number of aromatic carboxylic acids is 1. The molecule has 0 aromatic heterocycles. The van der Waals surface area contributed by atoms with E-state index in [2.05, 4.69) is 5.32 Å². The average Bonchev–Trinajstić information content (AvgIpc) is 2.63. The van der Waals surface area contributed by atoms with Crippen molar-refractivity contribution in [2.75, 3.05) is 11.1 Å². The molecule has 0 saturated heterocycles. The molecule has 0 radical (unpaired) electrons. The summed E-state index contributed by atoms with van der Waals surface area (Å²) in [5.41, 5.74) is -1.45. The van der Waals surface area contributed by atoms with Crippen molar-refractivity contribution < 1.29 is 37.5 Å². The van der Waals surface area contributed by atoms with Gasteiger partial charge in [-0.25, -0.2) is 22.4 Å². The van der Waals surface area contributed by atoms with Crippen molar-refractivity contribution in [2.45, 2.75) is 11.8 Å². The molecule has 0 spiro atoms. The van der Waals surface area contributed by atoms with Crippen LogP contribution in [0.5, 0.6) is 0 Å². The van der Waals surface area contributed by atoms with E-state index in [0.717, 1.165) is 36.4 Å². The Morgan fingerprint density at radius 3 is 2.40 bits per heavy atom. The van der Waals surface area contributed by atoms with Crippen LogP contribution in [0.3, 0.4) is 0 Å². The van der Waals surface area contributed by atoms with Gasteiger partial charge in [-0.1, -0.05) is 17.7 Å². The van der Waals surface area contributed by atoms with Gasteiger partial charge in [0.25, 0.3) is 5.69 Å². The van der Waals surface area contributed by atoms with E-state index in [-0.39, 0.29) is 16.3 Å². The lowest BCUT2D eigenvalue weighted by Crippen LogP contribution is -2.37. The fourth-order valence-corrected chi connectivity index (χ4v) is 4.38. The highest BCUT2D eigenvalue weighted by Crippen LogP contribution is 2.27. The minimum atomic E-state index is -4.10. The predicted octanol–water partition coefficient (Wildman–Crippen LogP) is 2.57. The molecular formula is C17H14ClFN2O8S. The Bertz CT molecular complexity index is 1120. The molecule has 0 unspecified atom stereocenters. The second-order valence-corrected chi connectivity index (χ2v) is 8.64. The maximum atomic E-state index is 13.1. The second kappa shape index (κ2) is 9.05. The van der Waals surface area contributed by atoms with Crippen LogP contribution in [0.1, 0.15) is 15.9 Å². The molecule has 2 aromatic rings. The van der Waals surface area contributed by atoms with Crippen molar-refractivity contribution in [2.24, 2.45) is 0 Å². The van der Waals surface area contributed by atoms with Crippen molar-refractivity contribution in [3.63, 3.8) is 0 Å². The summed E-state index contributed by atoms with van der Waals surface area (Å²) in [5.74, 6) is -5.37. The van der Waals surface area contributed by atoms with Gasteiger partial charge in [-0.3, -0.25) is 10.1 Å². The molecule has 0 aliphatic rings. The molecule has 3 N–H and O–H groups in total. The number of hydrogen-bond acceptors (Lipinski definition) is 7. The van der Waals surface area contributed by atoms with E-state index in [1.165, 1.54) is 0 Å². The molecule has 0 amide bonds. The standard InChI is InChI=1S/C17H14ClFN2O8S/c18-12-6-11(19)3-1-10(12)7-30(28,29)8-14(17(24)25)20-13-4-2-9(16(22)23)5-15(13)21(26)27/h1-6,14,20H,7-8H2,(H,22,23)(H,24,25)/t14-/m1/s1. The summed E-state index contributed by atoms with van der Waals surface area (Å²) in [4.78, 5) is 32.8. The molecule has 160 valence electrons. The average molecular weight is 461 g/mol. The molecule has 0 heterocycles. The van der Waals surface area contributed by atoms with Gasteiger partial charge in [0.2, 0.25) is 0 Å². The van der Waals surface area contributed by atoms with E-state index in [0.29, 0.717) is 0 Å². The SMILES string of the molecule is O=C(O)c1ccc(N[C@H](CS(=O)(=O)Cc2ccc(F)cc2Cl)C(=O)O)c([N+](=O)[O-])c1. The number of carboxylic acid groups (broad SMARTS) is 2. The summed E-state index contributed by atoms with van der Waals surface area (Å²) < 4.78 is 38.0. The van der Waals surface area contributed by atoms with Gasteiger partial charge in [0.15, 0.2) is 9.84 Å². The number of anilines is 1. The monoisotopic (exact) mass is 460 g/mol. The number of benzene rings is 2. The van der Waals surface area contributed by atoms with Crippen molar-refractivity contribution in [3.05, 3.63) is 68.5 Å². The van der Waals surface area contributed by atoms with Gasteiger partial charge in [-0.2, -0.15) is 0 Å². The lowest BCUT2D eigenvalue weighted by atomic mass is 10.1. The summed E-state index contributed by atoms with van der Waals surface area (Å²) in [6, 6.07) is 3.96. The minimum absolute atomic E-state index is 0.0546. The third-order valence-corrected chi connectivity index (χ3v) is 5.82. The lowest BCUT2D eigenvalue weighted by Gasteiger charge is -2.16. The van der Waals surface area contributed by atoms with Gasteiger partial charge in [0.1, 0.15) is 17.5 Å². The Morgan fingerprint density at radius 1 is 1.20 bits per heavy atom. The van der Waals surface area contributed by atoms with E-state index in [4.69, 9.17) is 16.7 Å². The number of nitro benzene ring substituents is 1. The first-order valence-corrected chi connectivity index (χ1v) is 10.2. The number of carbonyl (C=O) groups is 2. The number of aliphatic carboxylic acids is 1. The van der Waals surface area contributed by atoms with Crippen LogP contribution in [-0.2, 0) is 20.4 Å². The van der Waals surface area contributed by atoms with Gasteiger partial charge in [-0.15, -0.1) is 0 Å². The highest BCUT2D eigenvalue weighted by molar-refractivity contribution is 7.90. The van der Waals surface area contributed by atoms with Crippen molar-refractivity contribution >= 4 is 44.8 Å². The first-order valence-electron chi connectivity index (χ1n) is 8.05. The van der Waals surface area contributed by atoms with Gasteiger partial charge in [0, 0.05) is 11.1 Å². The maximum Gasteiger partial charge on any atom is 0.335 e. The van der Waals surface area contributed by atoms with Gasteiger partial charge >= 0.3 is 11.9 Å². The number of nitrogens with one attached hydrogen (secondary N) is 1. The van der Waals surface area contributed by atoms with E-state index in [1.807, 2.05) is 0 Å². The fraction of sp³-hybridized carbons (Fsp3) is 0.176. The number of nitrogens with zero attached hydrogens (tertiary/aromatic N) is 1. The molecule has 13 heteroatoms. The van der Waals surface area contributed by atoms with Crippen LogP contribution >= 0.6 is 11.6 Å². The zero-order chi connectivity index (χ0) is 22.6. The summed E-state index contributed by atoms with van der Waals surface area (Å²) in [5, 5.41) is 31.6. The highest BCUT2D eigenvalue weighted by atomic mass is 35.5. The van der Waals surface area contributed by atoms with E-state index in [9.17, 15) is 37.6 Å². The second-order valence-electron chi connectivity index (χ2n) is 6.12. The van der Waals surface area contributed by atoms with E-state index >= 15 is 0 Å². The van der Waals surface area contributed by atoms with Crippen LogP contribution in [0.15, 0.2) is 36.4 Å². The molecule has 0 bridgehead atoms. The molecule has 0 fully saturated rings. The first-order chi connectivity index (χ1) is 13.9. The van der Waals surface area contributed by atoms with Gasteiger partial charge < -0.3 is 15.5 Å². The van der Waals surface area contributed by atoms with Crippen LogP contribution in [0.4, 0.5) is 15.8 Å². The van der Waals surface area contributed by atoms with Crippen molar-refractivity contribution in [3.8, 4) is 0 Å². The molecule has 1 atom stereocenters. The highest BCUT2D eigenvalue weighted by Gasteiger charge is 2.29. The van der Waals surface area contributed by atoms with Crippen molar-refractivity contribution in [1.29, 1.82) is 0 Å². The molecule has 30 heavy (non-hydrogen) atoms. The van der Waals surface area contributed by atoms with Crippen molar-refractivity contribution in [1.82, 2.24) is 0 Å². The number of halogens is 2. The number of hydrogen-bond donors (Lipinski definition) is 3. The van der Waals surface area contributed by atoms with E-state index in [1.54, 1.807) is 0 Å². The topological polar surface area (TPSA) is 164 Å². The van der Waals surface area contributed by atoms with Crippen LogP contribution in [0.25, 0.3) is 0 Å². The zero-order valence-corrected chi connectivity index (χ0v) is 16.5. The smallest absolute Gasteiger partial charge is 0.335 e. The number of carboxylic acids is 2. The molecule has 0 saturated carbocycles. The summed E-state index contributed by atoms with van der Waals surface area (Å²) >= 11 is 5.80. The number of nitro groups is 1. The molecular weight excluding hydrogens is 447 g/mol. The quantitative estimate of drug-likeness (QED) is 0.376. The molecule has 0 aliphatic heterocycles. The summed E-state index contributed by atoms with van der Waals surface area (Å²) in [7, 11) is -4.10. The molecule has 2 rings (SSSR count). The third-order valence-electron chi connectivity index (χ3n) is 3.88. The molecule has 0 aliphatic carbocycles. The Kier molecular flexibility index (Phi) is 6.95. The van der Waals surface area contributed by atoms with Gasteiger partial charge in [-0.05, 0) is 29.8 Å². The third kappa shape index (κ3) is 5.87. The lowest BCUT2D eigenvalue weighted by molar-refractivity contribution is -0.384. The number of sulfone groups is 1. The maximum absolute atomic E-state index is 13.1. The van der Waals surface area contributed by atoms with Crippen LogP contribution < -0.4 is 5.32 Å². The Balaban J connectivity index is 2.29. The minimum Gasteiger partial charge on any atom is -0.480 e. The van der Waals surface area contributed by atoms with Gasteiger partial charge in [0.05, 0.1) is 22.0 Å². The van der Waals surface area contributed by atoms with Crippen LogP contribution in [0, 0.1) is 15.9 Å². The molecule has 2 aromatic carbocycles. The fourth-order valence-electron chi connectivity index (χ4n) is 2.49. The predicted molar refractivity (Wildman–Crippen MR) is 104 cm³/mol. The Labute approximate surface area is 174 Å². The summed E-state index contributed by atoms with van der Waals surface area (Å²) in [6.45, 7) is 0. The Hall–Kier alpha value is -3.25. The van der Waals surface area contributed by atoms with Crippen LogP contribution in [0.2, 0.25) is 5.02 Å². The summed E-state index contributed by atoms with van der Waals surface area (Å²) in [6.07, 6.45) is 0. The molecule has 10 nitrogen and oxygen atoms in total. The number of rotatable bonds is 9. The first kappa shape index (κ1) is 23.0. The Morgan fingerprint density at radius 2 is 1.87 bits per heavy atom. The van der Waals surface area contributed by atoms with E-state index < -0.39 is 61.3 Å². The zero-order valence-electron chi connectivity index (χ0n) is 14.9. The largest absolute Gasteiger partial charge is 0.480 e.